The van der Waals surface area contributed by atoms with Crippen LogP contribution in [0.1, 0.15) is 12.2 Å². The van der Waals surface area contributed by atoms with E-state index in [0.717, 1.165) is 36.6 Å². The van der Waals surface area contributed by atoms with Crippen molar-refractivity contribution in [1.82, 2.24) is 14.8 Å². The summed E-state index contributed by atoms with van der Waals surface area (Å²) in [6, 6.07) is 10.0. The van der Waals surface area contributed by atoms with Gasteiger partial charge in [-0.3, -0.25) is 0 Å². The molecule has 1 atom stereocenters. The lowest BCUT2D eigenvalue weighted by molar-refractivity contribution is 0.185. The highest BCUT2D eigenvalue weighted by atomic mass is 16.3. The zero-order chi connectivity index (χ0) is 11.7. The lowest BCUT2D eigenvalue weighted by Gasteiger charge is -2.19. The van der Waals surface area contributed by atoms with E-state index in [2.05, 4.69) is 10.1 Å². The molecule has 1 N–H and O–H groups in total. The van der Waals surface area contributed by atoms with Gasteiger partial charge in [0.1, 0.15) is 5.82 Å². The number of aryl methyl sites for hydroxylation is 1. The highest BCUT2D eigenvalue weighted by Gasteiger charge is 2.21. The Kier molecular flexibility index (Phi) is 2.65. The summed E-state index contributed by atoms with van der Waals surface area (Å²) in [5, 5.41) is 13.7. The van der Waals surface area contributed by atoms with Gasteiger partial charge in [0.25, 0.3) is 0 Å². The van der Waals surface area contributed by atoms with Gasteiger partial charge in [0.2, 0.25) is 0 Å². The molecule has 4 nitrogen and oxygen atoms in total. The second-order valence-electron chi connectivity index (χ2n) is 4.49. The topological polar surface area (TPSA) is 50.9 Å². The third-order valence-electron chi connectivity index (χ3n) is 3.25. The molecule has 0 fully saturated rings. The predicted octanol–water partition coefficient (Wildman–Crippen LogP) is 1.50. The predicted molar refractivity (Wildman–Crippen MR) is 64.4 cm³/mol. The molecule has 4 heteroatoms. The van der Waals surface area contributed by atoms with E-state index in [-0.39, 0.29) is 6.61 Å². The van der Waals surface area contributed by atoms with Crippen molar-refractivity contribution < 1.29 is 5.11 Å². The van der Waals surface area contributed by atoms with Crippen molar-refractivity contribution in [3.8, 4) is 11.4 Å². The maximum atomic E-state index is 9.18. The molecule has 0 aliphatic carbocycles. The number of nitrogens with zero attached hydrogens (tertiary/aromatic N) is 3. The molecule has 0 amide bonds. The summed E-state index contributed by atoms with van der Waals surface area (Å²) in [6.07, 6.45) is 1.91. The summed E-state index contributed by atoms with van der Waals surface area (Å²) < 4.78 is 1.94. The third kappa shape index (κ3) is 1.96. The molecule has 1 aromatic heterocycles. The maximum Gasteiger partial charge on any atom is 0.181 e. The first-order chi connectivity index (χ1) is 8.36. The van der Waals surface area contributed by atoms with Gasteiger partial charge in [-0.15, -0.1) is 0 Å². The van der Waals surface area contributed by atoms with Crippen LogP contribution in [0.15, 0.2) is 30.3 Å². The fraction of sp³-hybridized carbons (Fsp3) is 0.385. The molecule has 0 spiro atoms. The van der Waals surface area contributed by atoms with Crippen molar-refractivity contribution >= 4 is 0 Å². The monoisotopic (exact) mass is 229 g/mol. The number of benzene rings is 1. The minimum Gasteiger partial charge on any atom is -0.396 e. The fourth-order valence-corrected chi connectivity index (χ4v) is 2.23. The van der Waals surface area contributed by atoms with Gasteiger partial charge in [0.05, 0.1) is 0 Å². The number of hydrogen-bond donors (Lipinski definition) is 1. The largest absolute Gasteiger partial charge is 0.396 e. The zero-order valence-corrected chi connectivity index (χ0v) is 9.58. The van der Waals surface area contributed by atoms with E-state index in [1.54, 1.807) is 0 Å². The summed E-state index contributed by atoms with van der Waals surface area (Å²) in [5.74, 6) is 2.15. The molecule has 0 radical (unpaired) electrons. The Hall–Kier alpha value is -1.68. The second-order valence-corrected chi connectivity index (χ2v) is 4.49. The number of hydrogen-bond acceptors (Lipinski definition) is 3. The van der Waals surface area contributed by atoms with Crippen molar-refractivity contribution in [2.24, 2.45) is 5.92 Å². The molecule has 1 aliphatic rings. The van der Waals surface area contributed by atoms with E-state index in [4.69, 9.17) is 0 Å². The van der Waals surface area contributed by atoms with Gasteiger partial charge in [-0.2, -0.15) is 5.10 Å². The van der Waals surface area contributed by atoms with Crippen molar-refractivity contribution in [3.63, 3.8) is 0 Å². The molecule has 1 aliphatic heterocycles. The van der Waals surface area contributed by atoms with Crippen molar-refractivity contribution in [1.29, 1.82) is 0 Å². The highest BCUT2D eigenvalue weighted by Crippen LogP contribution is 2.21. The first-order valence-electron chi connectivity index (χ1n) is 5.97. The lowest BCUT2D eigenvalue weighted by atomic mass is 10.0. The number of aliphatic hydroxyl groups excluding tert-OH is 1. The van der Waals surface area contributed by atoms with Crippen molar-refractivity contribution in [2.75, 3.05) is 6.61 Å². The number of fused-ring (bicyclic) bond motifs is 1. The number of aliphatic hydroxyl groups is 1. The third-order valence-corrected chi connectivity index (χ3v) is 3.25. The molecule has 17 heavy (non-hydrogen) atoms. The Labute approximate surface area is 99.9 Å². The molecular formula is C13H15N3O. The first-order valence-corrected chi connectivity index (χ1v) is 5.97. The molecule has 1 aromatic carbocycles. The molecule has 3 rings (SSSR count). The quantitative estimate of drug-likeness (QED) is 0.849. The average Bonchev–Trinajstić information content (AvgIpc) is 2.82. The molecule has 88 valence electrons. The Morgan fingerprint density at radius 1 is 1.29 bits per heavy atom. The van der Waals surface area contributed by atoms with Crippen molar-refractivity contribution in [3.05, 3.63) is 36.2 Å². The fourth-order valence-electron chi connectivity index (χ4n) is 2.23. The van der Waals surface area contributed by atoms with E-state index in [1.807, 2.05) is 35.0 Å². The zero-order valence-electron chi connectivity index (χ0n) is 9.58. The minimum absolute atomic E-state index is 0.236. The molecule has 1 unspecified atom stereocenters. The summed E-state index contributed by atoms with van der Waals surface area (Å²) in [7, 11) is 0. The second kappa shape index (κ2) is 4.30. The highest BCUT2D eigenvalue weighted by molar-refractivity contribution is 5.54. The molecule has 0 saturated heterocycles. The number of rotatable bonds is 2. The van der Waals surface area contributed by atoms with Crippen LogP contribution in [0.2, 0.25) is 0 Å². The molecule has 0 bridgehead atoms. The van der Waals surface area contributed by atoms with Gasteiger partial charge in [-0.25, -0.2) is 9.67 Å². The lowest BCUT2D eigenvalue weighted by Crippen LogP contribution is -2.23. The Morgan fingerprint density at radius 3 is 2.88 bits per heavy atom. The first kappa shape index (κ1) is 10.5. The normalized spacial score (nSPS) is 19.0. The molecule has 2 heterocycles. The number of aromatic nitrogens is 3. The maximum absolute atomic E-state index is 9.18. The van der Waals surface area contributed by atoms with Crippen LogP contribution in [-0.2, 0) is 13.0 Å². The van der Waals surface area contributed by atoms with Crippen LogP contribution in [0.3, 0.4) is 0 Å². The van der Waals surface area contributed by atoms with Crippen LogP contribution in [0, 0.1) is 5.92 Å². The standard InChI is InChI=1S/C13H15N3O/c17-9-10-6-7-12-14-13(15-16(12)8-10)11-4-2-1-3-5-11/h1-5,10,17H,6-9H2. The van der Waals surface area contributed by atoms with Gasteiger partial charge in [0, 0.05) is 31.1 Å². The van der Waals surface area contributed by atoms with E-state index in [1.165, 1.54) is 0 Å². The Balaban J connectivity index is 1.93. The molecular weight excluding hydrogens is 214 g/mol. The molecule has 2 aromatic rings. The van der Waals surface area contributed by atoms with E-state index < -0.39 is 0 Å². The summed E-state index contributed by atoms with van der Waals surface area (Å²) in [4.78, 5) is 4.56. The van der Waals surface area contributed by atoms with Crippen LogP contribution >= 0.6 is 0 Å². The van der Waals surface area contributed by atoms with E-state index >= 15 is 0 Å². The van der Waals surface area contributed by atoms with Gasteiger partial charge >= 0.3 is 0 Å². The van der Waals surface area contributed by atoms with Gasteiger partial charge in [0.15, 0.2) is 5.82 Å². The van der Waals surface area contributed by atoms with Crippen LogP contribution in [0.25, 0.3) is 11.4 Å². The van der Waals surface area contributed by atoms with Crippen LogP contribution in [-0.4, -0.2) is 26.5 Å². The summed E-state index contributed by atoms with van der Waals surface area (Å²) >= 11 is 0. The van der Waals surface area contributed by atoms with Gasteiger partial charge in [-0.05, 0) is 6.42 Å². The van der Waals surface area contributed by atoms with Crippen LogP contribution in [0.5, 0.6) is 0 Å². The van der Waals surface area contributed by atoms with Crippen molar-refractivity contribution in [2.45, 2.75) is 19.4 Å². The SMILES string of the molecule is OCC1CCc2nc(-c3ccccc3)nn2C1. The van der Waals surface area contributed by atoms with Crippen LogP contribution < -0.4 is 0 Å². The minimum atomic E-state index is 0.236. The summed E-state index contributed by atoms with van der Waals surface area (Å²) in [5.41, 5.74) is 1.05. The van der Waals surface area contributed by atoms with E-state index in [0.29, 0.717) is 5.92 Å². The average molecular weight is 229 g/mol. The Bertz CT molecular complexity index is 507. The Morgan fingerprint density at radius 2 is 2.12 bits per heavy atom. The van der Waals surface area contributed by atoms with E-state index in [9.17, 15) is 5.11 Å². The smallest absolute Gasteiger partial charge is 0.181 e. The molecule has 0 saturated carbocycles. The van der Waals surface area contributed by atoms with Gasteiger partial charge < -0.3 is 5.11 Å². The van der Waals surface area contributed by atoms with Crippen LogP contribution in [0.4, 0.5) is 0 Å². The van der Waals surface area contributed by atoms with Gasteiger partial charge in [-0.1, -0.05) is 30.3 Å². The summed E-state index contributed by atoms with van der Waals surface area (Å²) in [6.45, 7) is 1.02.